The Kier molecular flexibility index (Phi) is 5.81. The first-order valence-corrected chi connectivity index (χ1v) is 10.7. The van der Waals surface area contributed by atoms with E-state index in [0.29, 0.717) is 13.1 Å². The molecule has 1 N–H and O–H groups in total. The normalized spacial score (nSPS) is 27.0. The van der Waals surface area contributed by atoms with Gasteiger partial charge in [-0.3, -0.25) is 14.6 Å². The molecule has 1 saturated carbocycles. The molecule has 0 aromatic heterocycles. The highest BCUT2D eigenvalue weighted by molar-refractivity contribution is 5.87. The Balaban J connectivity index is 1.44. The molecule has 148 valence electrons. The zero-order chi connectivity index (χ0) is 18.7. The summed E-state index contributed by atoms with van der Waals surface area (Å²) in [5.74, 6) is 0.280. The van der Waals surface area contributed by atoms with Gasteiger partial charge in [0.05, 0.1) is 6.10 Å². The molecule has 5 heteroatoms. The third-order valence-corrected chi connectivity index (χ3v) is 6.66. The summed E-state index contributed by atoms with van der Waals surface area (Å²) in [7, 11) is 0. The Bertz CT molecular complexity index is 624. The fraction of sp³-hybridized carbons (Fsp3) is 0.682. The van der Waals surface area contributed by atoms with Crippen LogP contribution in [0.5, 0.6) is 0 Å². The van der Waals surface area contributed by atoms with Gasteiger partial charge in [0.2, 0.25) is 5.91 Å². The third-order valence-electron chi connectivity index (χ3n) is 6.66. The van der Waals surface area contributed by atoms with Gasteiger partial charge in [-0.25, -0.2) is 0 Å². The Hall–Kier alpha value is -1.43. The molecule has 1 amide bonds. The van der Waals surface area contributed by atoms with Gasteiger partial charge in [-0.05, 0) is 44.3 Å². The first-order chi connectivity index (χ1) is 13.2. The maximum atomic E-state index is 13.6. The molecule has 4 rings (SSSR count). The van der Waals surface area contributed by atoms with Crippen LogP contribution in [-0.2, 0) is 11.3 Å². The highest BCUT2D eigenvalue weighted by Gasteiger charge is 2.49. The quantitative estimate of drug-likeness (QED) is 0.881. The van der Waals surface area contributed by atoms with Crippen molar-refractivity contribution in [2.45, 2.75) is 56.7 Å². The molecule has 27 heavy (non-hydrogen) atoms. The van der Waals surface area contributed by atoms with Gasteiger partial charge in [-0.2, -0.15) is 0 Å². The van der Waals surface area contributed by atoms with E-state index in [9.17, 15) is 9.90 Å². The zero-order valence-corrected chi connectivity index (χ0v) is 16.4. The number of hydrogen-bond donors (Lipinski definition) is 1. The van der Waals surface area contributed by atoms with Crippen LogP contribution < -0.4 is 0 Å². The van der Waals surface area contributed by atoms with Gasteiger partial charge in [-0.1, -0.05) is 43.2 Å². The van der Waals surface area contributed by atoms with E-state index in [1.165, 1.54) is 18.4 Å². The van der Waals surface area contributed by atoms with Crippen LogP contribution in [-0.4, -0.2) is 76.6 Å². The summed E-state index contributed by atoms with van der Waals surface area (Å²) >= 11 is 0. The van der Waals surface area contributed by atoms with Gasteiger partial charge in [0.1, 0.15) is 5.54 Å². The topological polar surface area (TPSA) is 47.0 Å². The van der Waals surface area contributed by atoms with Crippen molar-refractivity contribution in [3.63, 3.8) is 0 Å². The van der Waals surface area contributed by atoms with E-state index in [4.69, 9.17) is 0 Å². The predicted octanol–water partition coefficient (Wildman–Crippen LogP) is 2.10. The van der Waals surface area contributed by atoms with Crippen LogP contribution in [0.3, 0.4) is 0 Å². The van der Waals surface area contributed by atoms with Crippen LogP contribution in [0.2, 0.25) is 0 Å². The lowest BCUT2D eigenvalue weighted by atomic mass is 9.93. The maximum absolute atomic E-state index is 13.6. The Morgan fingerprint density at radius 3 is 2.37 bits per heavy atom. The van der Waals surface area contributed by atoms with Gasteiger partial charge in [-0.15, -0.1) is 0 Å². The van der Waals surface area contributed by atoms with Crippen molar-refractivity contribution in [1.29, 1.82) is 0 Å². The maximum Gasteiger partial charge on any atom is 0.243 e. The van der Waals surface area contributed by atoms with E-state index in [2.05, 4.69) is 34.1 Å². The lowest BCUT2D eigenvalue weighted by Crippen LogP contribution is -2.58. The Morgan fingerprint density at radius 1 is 0.963 bits per heavy atom. The Morgan fingerprint density at radius 2 is 1.67 bits per heavy atom. The largest absolute Gasteiger partial charge is 0.390 e. The number of β-amino-alcohol motifs (C(OH)–C–C–N with tert-alkyl or cyclic N) is 1. The number of hydrogen-bond acceptors (Lipinski definition) is 4. The number of carbonyl (C=O) groups is 1. The number of likely N-dealkylation sites (tertiary alicyclic amines) is 1. The first kappa shape index (κ1) is 18.9. The molecule has 3 aliphatic rings. The molecule has 0 spiro atoms. The van der Waals surface area contributed by atoms with Crippen LogP contribution in [0.15, 0.2) is 30.3 Å². The fourth-order valence-corrected chi connectivity index (χ4v) is 5.29. The van der Waals surface area contributed by atoms with Crippen molar-refractivity contribution in [3.8, 4) is 0 Å². The first-order valence-electron chi connectivity index (χ1n) is 10.7. The lowest BCUT2D eigenvalue weighted by Gasteiger charge is -2.41. The predicted molar refractivity (Wildman–Crippen MR) is 106 cm³/mol. The standard InChI is InChI=1S/C22H33N3O2/c26-20-17-23(16-19-8-2-1-3-9-19)14-15-24(18-20)21(27)22(10-4-5-11-22)25-12-6-7-13-25/h1-3,8-9,20,26H,4-7,10-18H2. The number of amides is 1. The molecule has 1 atom stereocenters. The number of nitrogens with zero attached hydrogens (tertiary/aromatic N) is 3. The molecule has 0 bridgehead atoms. The van der Waals surface area contributed by atoms with Crippen molar-refractivity contribution < 1.29 is 9.90 Å². The number of benzene rings is 1. The summed E-state index contributed by atoms with van der Waals surface area (Å²) in [5.41, 5.74) is 0.971. The van der Waals surface area contributed by atoms with Crippen LogP contribution in [0.4, 0.5) is 0 Å². The molecule has 1 unspecified atom stereocenters. The summed E-state index contributed by atoms with van der Waals surface area (Å²) < 4.78 is 0. The fourth-order valence-electron chi connectivity index (χ4n) is 5.29. The zero-order valence-electron chi connectivity index (χ0n) is 16.4. The number of carbonyl (C=O) groups excluding carboxylic acids is 1. The average Bonchev–Trinajstić information content (AvgIpc) is 3.34. The molecule has 1 aliphatic carbocycles. The average molecular weight is 372 g/mol. The van der Waals surface area contributed by atoms with Crippen molar-refractivity contribution in [1.82, 2.24) is 14.7 Å². The van der Waals surface area contributed by atoms with Crippen molar-refractivity contribution in [3.05, 3.63) is 35.9 Å². The summed E-state index contributed by atoms with van der Waals surface area (Å²) in [6, 6.07) is 10.4. The van der Waals surface area contributed by atoms with Gasteiger partial charge in [0, 0.05) is 32.7 Å². The molecule has 0 radical (unpaired) electrons. The Labute approximate surface area is 162 Å². The molecule has 2 aliphatic heterocycles. The number of rotatable bonds is 4. The summed E-state index contributed by atoms with van der Waals surface area (Å²) in [5, 5.41) is 10.6. The second kappa shape index (κ2) is 8.29. The van der Waals surface area contributed by atoms with Gasteiger partial charge in [0.15, 0.2) is 0 Å². The summed E-state index contributed by atoms with van der Waals surface area (Å²) in [4.78, 5) is 20.3. The monoisotopic (exact) mass is 371 g/mol. The van der Waals surface area contributed by atoms with Crippen LogP contribution in [0.1, 0.15) is 44.1 Å². The minimum Gasteiger partial charge on any atom is -0.390 e. The second-order valence-electron chi connectivity index (χ2n) is 8.56. The molecule has 5 nitrogen and oxygen atoms in total. The minimum atomic E-state index is -0.475. The molecule has 2 heterocycles. The highest BCUT2D eigenvalue weighted by atomic mass is 16.3. The molecule has 3 fully saturated rings. The molecule has 1 aromatic carbocycles. The van der Waals surface area contributed by atoms with Gasteiger partial charge < -0.3 is 10.0 Å². The summed E-state index contributed by atoms with van der Waals surface area (Å²) in [6.07, 6.45) is 6.23. The second-order valence-corrected chi connectivity index (χ2v) is 8.56. The third kappa shape index (κ3) is 4.05. The van der Waals surface area contributed by atoms with Crippen LogP contribution >= 0.6 is 0 Å². The molecular weight excluding hydrogens is 338 g/mol. The summed E-state index contributed by atoms with van der Waals surface area (Å²) in [6.45, 7) is 5.60. The van der Waals surface area contributed by atoms with Crippen LogP contribution in [0.25, 0.3) is 0 Å². The highest BCUT2D eigenvalue weighted by Crippen LogP contribution is 2.39. The molecular formula is C22H33N3O2. The van der Waals surface area contributed by atoms with E-state index in [1.54, 1.807) is 0 Å². The SMILES string of the molecule is O=C(N1CCN(Cc2ccccc2)CC(O)C1)C1(N2CCCC2)CCCC1. The lowest BCUT2D eigenvalue weighted by molar-refractivity contribution is -0.145. The van der Waals surface area contributed by atoms with E-state index in [0.717, 1.165) is 58.4 Å². The smallest absolute Gasteiger partial charge is 0.243 e. The van der Waals surface area contributed by atoms with Crippen molar-refractivity contribution in [2.24, 2.45) is 0 Å². The number of aliphatic hydroxyl groups is 1. The van der Waals surface area contributed by atoms with E-state index in [-0.39, 0.29) is 11.4 Å². The van der Waals surface area contributed by atoms with Gasteiger partial charge >= 0.3 is 0 Å². The molecule has 1 aromatic rings. The minimum absolute atomic E-state index is 0.280. The van der Waals surface area contributed by atoms with E-state index in [1.807, 2.05) is 11.0 Å². The van der Waals surface area contributed by atoms with Gasteiger partial charge in [0.25, 0.3) is 0 Å². The number of aliphatic hydroxyl groups excluding tert-OH is 1. The van der Waals surface area contributed by atoms with Crippen LogP contribution in [0, 0.1) is 0 Å². The van der Waals surface area contributed by atoms with Crippen molar-refractivity contribution in [2.75, 3.05) is 39.3 Å². The van der Waals surface area contributed by atoms with E-state index < -0.39 is 6.10 Å². The van der Waals surface area contributed by atoms with Crippen molar-refractivity contribution >= 4 is 5.91 Å². The van der Waals surface area contributed by atoms with E-state index >= 15 is 0 Å². The molecule has 2 saturated heterocycles.